The monoisotopic (exact) mass is 335 g/mol. The van der Waals surface area contributed by atoms with Gasteiger partial charge in [-0.15, -0.1) is 0 Å². The topological polar surface area (TPSA) is 51.4 Å². The van der Waals surface area contributed by atoms with Crippen molar-refractivity contribution in [3.63, 3.8) is 0 Å². The molecule has 3 aromatic rings. The van der Waals surface area contributed by atoms with Crippen molar-refractivity contribution in [2.45, 2.75) is 13.8 Å². The molecule has 0 amide bonds. The van der Waals surface area contributed by atoms with E-state index in [1.165, 1.54) is 11.3 Å². The maximum Gasteiger partial charge on any atom is 0.258 e. The fourth-order valence-electron chi connectivity index (χ4n) is 3.15. The molecular weight excluding hydrogens is 314 g/mol. The second-order valence-corrected chi connectivity index (χ2v) is 6.39. The number of ether oxygens (including phenoxy) is 1. The molecule has 1 fully saturated rings. The lowest BCUT2D eigenvalue weighted by Gasteiger charge is -2.28. The Kier molecular flexibility index (Phi) is 4.24. The predicted molar refractivity (Wildman–Crippen MR) is 97.7 cm³/mol. The summed E-state index contributed by atoms with van der Waals surface area (Å²) in [5, 5.41) is 4.15. The van der Waals surface area contributed by atoms with Crippen LogP contribution in [0.3, 0.4) is 0 Å². The Bertz CT molecular complexity index is 865. The standard InChI is InChI=1S/C20H21N3O2/c1-14-3-8-18(15(2)13-14)20-21-19(22-25-20)16-4-6-17(7-5-16)23-9-11-24-12-10-23/h3-8,13H,9-12H2,1-2H3. The lowest BCUT2D eigenvalue weighted by atomic mass is 10.1. The van der Waals surface area contributed by atoms with Crippen LogP contribution >= 0.6 is 0 Å². The van der Waals surface area contributed by atoms with Crippen LogP contribution in [0.25, 0.3) is 22.8 Å². The molecule has 0 aliphatic carbocycles. The smallest absolute Gasteiger partial charge is 0.258 e. The highest BCUT2D eigenvalue weighted by molar-refractivity contribution is 5.64. The summed E-state index contributed by atoms with van der Waals surface area (Å²) in [6, 6.07) is 14.5. The van der Waals surface area contributed by atoms with Gasteiger partial charge < -0.3 is 14.2 Å². The summed E-state index contributed by atoms with van der Waals surface area (Å²) in [5.41, 5.74) is 5.49. The van der Waals surface area contributed by atoms with Crippen molar-refractivity contribution in [3.8, 4) is 22.8 Å². The Morgan fingerprint density at radius 1 is 0.960 bits per heavy atom. The molecule has 25 heavy (non-hydrogen) atoms. The third-order valence-electron chi connectivity index (χ3n) is 4.54. The number of hydrogen-bond donors (Lipinski definition) is 0. The van der Waals surface area contributed by atoms with E-state index >= 15 is 0 Å². The lowest BCUT2D eigenvalue weighted by molar-refractivity contribution is 0.122. The first-order chi connectivity index (χ1) is 12.2. The largest absolute Gasteiger partial charge is 0.378 e. The van der Waals surface area contributed by atoms with Crippen LogP contribution in [0, 0.1) is 13.8 Å². The molecule has 1 aliphatic rings. The van der Waals surface area contributed by atoms with Gasteiger partial charge in [0.1, 0.15) is 0 Å². The average molecular weight is 335 g/mol. The van der Waals surface area contributed by atoms with E-state index in [2.05, 4.69) is 53.2 Å². The normalized spacial score (nSPS) is 14.7. The molecule has 0 radical (unpaired) electrons. The summed E-state index contributed by atoms with van der Waals surface area (Å²) in [6.45, 7) is 7.56. The number of nitrogens with zero attached hydrogens (tertiary/aromatic N) is 3. The van der Waals surface area contributed by atoms with E-state index < -0.39 is 0 Å². The number of hydrogen-bond acceptors (Lipinski definition) is 5. The van der Waals surface area contributed by atoms with Gasteiger partial charge in [-0.25, -0.2) is 0 Å². The van der Waals surface area contributed by atoms with Crippen molar-refractivity contribution < 1.29 is 9.26 Å². The third kappa shape index (κ3) is 3.28. The van der Waals surface area contributed by atoms with Crippen LogP contribution in [-0.4, -0.2) is 36.4 Å². The minimum Gasteiger partial charge on any atom is -0.378 e. The van der Waals surface area contributed by atoms with Crippen LogP contribution in [0.5, 0.6) is 0 Å². The maximum atomic E-state index is 5.48. The number of anilines is 1. The van der Waals surface area contributed by atoms with Crippen LogP contribution < -0.4 is 4.90 Å². The number of benzene rings is 2. The quantitative estimate of drug-likeness (QED) is 0.727. The molecule has 0 saturated carbocycles. The van der Waals surface area contributed by atoms with Gasteiger partial charge in [-0.05, 0) is 49.7 Å². The summed E-state index contributed by atoms with van der Waals surface area (Å²) in [4.78, 5) is 6.90. The Hall–Kier alpha value is -2.66. The van der Waals surface area contributed by atoms with Gasteiger partial charge in [-0.1, -0.05) is 22.9 Å². The van der Waals surface area contributed by atoms with Gasteiger partial charge >= 0.3 is 0 Å². The van der Waals surface area contributed by atoms with Crippen LogP contribution in [0.15, 0.2) is 47.0 Å². The fraction of sp³-hybridized carbons (Fsp3) is 0.300. The Morgan fingerprint density at radius 2 is 1.72 bits per heavy atom. The van der Waals surface area contributed by atoms with Gasteiger partial charge in [0.15, 0.2) is 0 Å². The molecule has 2 heterocycles. The Labute approximate surface area is 147 Å². The lowest BCUT2D eigenvalue weighted by Crippen LogP contribution is -2.36. The van der Waals surface area contributed by atoms with Gasteiger partial charge in [0, 0.05) is 29.9 Å². The van der Waals surface area contributed by atoms with Crippen LogP contribution in [-0.2, 0) is 4.74 Å². The zero-order chi connectivity index (χ0) is 17.2. The summed E-state index contributed by atoms with van der Waals surface area (Å²) in [7, 11) is 0. The molecule has 0 atom stereocenters. The second kappa shape index (κ2) is 6.69. The first kappa shape index (κ1) is 15.8. The predicted octanol–water partition coefficient (Wildman–Crippen LogP) is 3.86. The van der Waals surface area contributed by atoms with Crippen molar-refractivity contribution in [2.75, 3.05) is 31.2 Å². The fourth-order valence-corrected chi connectivity index (χ4v) is 3.15. The molecule has 2 aromatic carbocycles. The van der Waals surface area contributed by atoms with Gasteiger partial charge in [0.05, 0.1) is 13.2 Å². The zero-order valence-electron chi connectivity index (χ0n) is 14.5. The van der Waals surface area contributed by atoms with Crippen LogP contribution in [0.1, 0.15) is 11.1 Å². The highest BCUT2D eigenvalue weighted by Crippen LogP contribution is 2.27. The van der Waals surface area contributed by atoms with Crippen molar-refractivity contribution in [2.24, 2.45) is 0 Å². The van der Waals surface area contributed by atoms with Crippen LogP contribution in [0.4, 0.5) is 5.69 Å². The summed E-state index contributed by atoms with van der Waals surface area (Å²) >= 11 is 0. The van der Waals surface area contributed by atoms with E-state index in [9.17, 15) is 0 Å². The highest BCUT2D eigenvalue weighted by Gasteiger charge is 2.14. The van der Waals surface area contributed by atoms with Gasteiger partial charge in [-0.3, -0.25) is 0 Å². The summed E-state index contributed by atoms with van der Waals surface area (Å²) in [5.74, 6) is 1.17. The molecule has 128 valence electrons. The molecule has 0 unspecified atom stereocenters. The molecule has 5 nitrogen and oxygen atoms in total. The molecule has 5 heteroatoms. The SMILES string of the molecule is Cc1ccc(-c2nc(-c3ccc(N4CCOCC4)cc3)no2)c(C)c1. The molecule has 0 N–H and O–H groups in total. The molecule has 1 aliphatic heterocycles. The average Bonchev–Trinajstić information content (AvgIpc) is 3.12. The Balaban J connectivity index is 1.57. The zero-order valence-corrected chi connectivity index (χ0v) is 14.5. The van der Waals surface area contributed by atoms with Crippen LogP contribution in [0.2, 0.25) is 0 Å². The van der Waals surface area contributed by atoms with Crippen molar-refractivity contribution in [1.29, 1.82) is 0 Å². The molecule has 1 saturated heterocycles. The molecular formula is C20H21N3O2. The number of aryl methyl sites for hydroxylation is 2. The number of rotatable bonds is 3. The van der Waals surface area contributed by atoms with E-state index in [4.69, 9.17) is 9.26 Å². The highest BCUT2D eigenvalue weighted by atomic mass is 16.5. The maximum absolute atomic E-state index is 5.48. The third-order valence-corrected chi connectivity index (χ3v) is 4.54. The van der Waals surface area contributed by atoms with Gasteiger partial charge in [0.25, 0.3) is 5.89 Å². The number of morpholine rings is 1. The van der Waals surface area contributed by atoms with Gasteiger partial charge in [0.2, 0.25) is 5.82 Å². The van der Waals surface area contributed by atoms with E-state index in [0.29, 0.717) is 11.7 Å². The second-order valence-electron chi connectivity index (χ2n) is 6.39. The molecule has 4 rings (SSSR count). The first-order valence-corrected chi connectivity index (χ1v) is 8.55. The minimum absolute atomic E-state index is 0.560. The summed E-state index contributed by atoms with van der Waals surface area (Å²) in [6.07, 6.45) is 0. The van der Waals surface area contributed by atoms with E-state index in [1.54, 1.807) is 0 Å². The minimum atomic E-state index is 0.560. The van der Waals surface area contributed by atoms with Crippen molar-refractivity contribution in [1.82, 2.24) is 10.1 Å². The van der Waals surface area contributed by atoms with E-state index in [0.717, 1.165) is 43.0 Å². The molecule has 1 aromatic heterocycles. The van der Waals surface area contributed by atoms with E-state index in [1.807, 2.05) is 18.2 Å². The Morgan fingerprint density at radius 3 is 2.44 bits per heavy atom. The summed E-state index contributed by atoms with van der Waals surface area (Å²) < 4.78 is 10.9. The van der Waals surface area contributed by atoms with E-state index in [-0.39, 0.29) is 0 Å². The first-order valence-electron chi connectivity index (χ1n) is 8.55. The van der Waals surface area contributed by atoms with Crippen molar-refractivity contribution >= 4 is 5.69 Å². The van der Waals surface area contributed by atoms with Crippen molar-refractivity contribution in [3.05, 3.63) is 53.6 Å². The van der Waals surface area contributed by atoms with Gasteiger partial charge in [-0.2, -0.15) is 4.98 Å². The number of aromatic nitrogens is 2. The molecule has 0 bridgehead atoms. The molecule has 0 spiro atoms.